The van der Waals surface area contributed by atoms with E-state index in [1.165, 1.54) is 10.7 Å². The Hall–Kier alpha value is -4.52. The Labute approximate surface area is 235 Å². The van der Waals surface area contributed by atoms with Crippen LogP contribution in [-0.4, -0.2) is 88.1 Å². The van der Waals surface area contributed by atoms with Crippen LogP contribution in [-0.2, 0) is 11.8 Å². The van der Waals surface area contributed by atoms with Crippen LogP contribution in [0.25, 0.3) is 21.8 Å². The van der Waals surface area contributed by atoms with Gasteiger partial charge < -0.3 is 29.9 Å². The van der Waals surface area contributed by atoms with Gasteiger partial charge in [0.25, 0.3) is 5.91 Å². The number of hydrogen-bond acceptors (Lipinski definition) is 9. The normalized spacial score (nSPS) is 19.2. The molecular weight excluding hydrogens is 531 g/mol. The van der Waals surface area contributed by atoms with Crippen molar-refractivity contribution in [2.45, 2.75) is 25.9 Å². The van der Waals surface area contributed by atoms with Gasteiger partial charge in [0, 0.05) is 66.8 Å². The van der Waals surface area contributed by atoms with E-state index in [2.05, 4.69) is 44.4 Å². The van der Waals surface area contributed by atoms with Gasteiger partial charge in [0.15, 0.2) is 5.82 Å². The van der Waals surface area contributed by atoms with Crippen LogP contribution < -0.4 is 20.3 Å². The number of benzene rings is 2. The standard InChI is InChI=1S/C28H31FN8O4/c1-16-13-37(14-17(2)31-16)23-5-4-20(26(38)32-19-10-18-15-35(3)34-24(18)22(29)11-19)25-21(23)12-30-27(33-25)40-8-6-36-7-9-41-28(36)39/h4-5,10-12,15-17,31H,6-9,13-14H2,1-3H3,(H,32,38)/t16-,17+. The quantitative estimate of drug-likeness (QED) is 0.350. The molecule has 2 aromatic carbocycles. The lowest BCUT2D eigenvalue weighted by molar-refractivity contribution is 0.102. The Bertz CT molecular complexity index is 1630. The highest BCUT2D eigenvalue weighted by Gasteiger charge is 2.25. The summed E-state index contributed by atoms with van der Waals surface area (Å²) in [5, 5.41) is 11.7. The van der Waals surface area contributed by atoms with Gasteiger partial charge in [0.2, 0.25) is 0 Å². The predicted molar refractivity (Wildman–Crippen MR) is 151 cm³/mol. The molecule has 4 aromatic rings. The number of carbonyl (C=O) groups excluding carboxylic acids is 2. The fraction of sp³-hybridized carbons (Fsp3) is 0.393. The highest BCUT2D eigenvalue weighted by molar-refractivity contribution is 6.14. The van der Waals surface area contributed by atoms with Gasteiger partial charge in [0.05, 0.1) is 24.2 Å². The second kappa shape index (κ2) is 10.8. The molecule has 2 aliphatic heterocycles. The monoisotopic (exact) mass is 562 g/mol. The molecule has 12 nitrogen and oxygen atoms in total. The van der Waals surface area contributed by atoms with E-state index in [1.807, 2.05) is 6.07 Å². The number of hydrogen-bond donors (Lipinski definition) is 2. The van der Waals surface area contributed by atoms with Crippen molar-refractivity contribution in [1.82, 2.24) is 30.0 Å². The fourth-order valence-electron chi connectivity index (χ4n) is 5.50. The van der Waals surface area contributed by atoms with Crippen LogP contribution in [0.3, 0.4) is 0 Å². The minimum absolute atomic E-state index is 0.0844. The maximum absolute atomic E-state index is 14.7. The molecule has 2 N–H and O–H groups in total. The molecule has 13 heteroatoms. The number of carbonyl (C=O) groups is 2. The topological polar surface area (TPSA) is 127 Å². The summed E-state index contributed by atoms with van der Waals surface area (Å²) >= 11 is 0. The summed E-state index contributed by atoms with van der Waals surface area (Å²) in [6, 6.07) is 7.18. The van der Waals surface area contributed by atoms with E-state index in [4.69, 9.17) is 9.47 Å². The van der Waals surface area contributed by atoms with E-state index in [9.17, 15) is 14.0 Å². The van der Waals surface area contributed by atoms with Gasteiger partial charge in [-0.25, -0.2) is 14.2 Å². The molecule has 0 unspecified atom stereocenters. The van der Waals surface area contributed by atoms with E-state index in [0.29, 0.717) is 47.2 Å². The fourth-order valence-corrected chi connectivity index (χ4v) is 5.50. The maximum Gasteiger partial charge on any atom is 0.410 e. The third kappa shape index (κ3) is 5.44. The lowest BCUT2D eigenvalue weighted by atomic mass is 10.0. The summed E-state index contributed by atoms with van der Waals surface area (Å²) in [4.78, 5) is 38.1. The van der Waals surface area contributed by atoms with Gasteiger partial charge in [0.1, 0.15) is 18.7 Å². The number of cyclic esters (lactones) is 1. The summed E-state index contributed by atoms with van der Waals surface area (Å²) in [6.45, 7) is 7.16. The van der Waals surface area contributed by atoms with Gasteiger partial charge in [-0.1, -0.05) is 0 Å². The SMILES string of the molecule is C[C@@H]1CN(c2ccc(C(=O)Nc3cc(F)c4nn(C)cc4c3)c3nc(OCCN4CCOC4=O)ncc23)C[C@H](C)N1. The van der Waals surface area contributed by atoms with Crippen molar-refractivity contribution in [3.05, 3.63) is 48.0 Å². The van der Waals surface area contributed by atoms with Crippen molar-refractivity contribution < 1.29 is 23.5 Å². The van der Waals surface area contributed by atoms with Gasteiger partial charge in [-0.05, 0) is 38.1 Å². The van der Waals surface area contributed by atoms with Crippen LogP contribution in [0.1, 0.15) is 24.2 Å². The second-order valence-corrected chi connectivity index (χ2v) is 10.5. The largest absolute Gasteiger partial charge is 0.462 e. The van der Waals surface area contributed by atoms with E-state index in [-0.39, 0.29) is 36.3 Å². The number of nitrogens with one attached hydrogen (secondary N) is 2. The minimum atomic E-state index is -0.527. The molecule has 41 heavy (non-hydrogen) atoms. The lowest BCUT2D eigenvalue weighted by Crippen LogP contribution is -2.54. The summed E-state index contributed by atoms with van der Waals surface area (Å²) < 4.78 is 26.9. The first kappa shape index (κ1) is 26.7. The van der Waals surface area contributed by atoms with Gasteiger partial charge in [-0.15, -0.1) is 0 Å². The molecule has 4 heterocycles. The highest BCUT2D eigenvalue weighted by atomic mass is 19.1. The van der Waals surface area contributed by atoms with Crippen molar-refractivity contribution in [1.29, 1.82) is 0 Å². The number of ether oxygens (including phenoxy) is 2. The second-order valence-electron chi connectivity index (χ2n) is 10.5. The average molecular weight is 563 g/mol. The molecule has 0 saturated carbocycles. The van der Waals surface area contributed by atoms with Crippen molar-refractivity contribution in [2.75, 3.05) is 49.6 Å². The van der Waals surface area contributed by atoms with Crippen molar-refractivity contribution in [3.63, 3.8) is 0 Å². The van der Waals surface area contributed by atoms with E-state index in [0.717, 1.165) is 18.8 Å². The van der Waals surface area contributed by atoms with Gasteiger partial charge >= 0.3 is 12.1 Å². The molecule has 0 spiro atoms. The number of aromatic nitrogens is 4. The Morgan fingerprint density at radius 1 is 1.22 bits per heavy atom. The number of nitrogens with zero attached hydrogens (tertiary/aromatic N) is 6. The molecular formula is C28H31FN8O4. The Kier molecular flexibility index (Phi) is 7.03. The summed E-state index contributed by atoms with van der Waals surface area (Å²) in [7, 11) is 1.71. The first-order chi connectivity index (χ1) is 19.7. The Morgan fingerprint density at radius 3 is 2.78 bits per heavy atom. The molecule has 2 fully saturated rings. The maximum atomic E-state index is 14.7. The number of amides is 2. The van der Waals surface area contributed by atoms with Gasteiger partial charge in [-0.3, -0.25) is 9.48 Å². The molecule has 2 aromatic heterocycles. The Morgan fingerprint density at radius 2 is 2.02 bits per heavy atom. The summed E-state index contributed by atoms with van der Waals surface area (Å²) in [6.07, 6.45) is 2.97. The molecule has 0 bridgehead atoms. The molecule has 2 aliphatic rings. The zero-order valence-corrected chi connectivity index (χ0v) is 23.1. The van der Waals surface area contributed by atoms with Crippen LogP contribution >= 0.6 is 0 Å². The molecule has 214 valence electrons. The molecule has 2 atom stereocenters. The zero-order valence-electron chi connectivity index (χ0n) is 23.1. The van der Waals surface area contributed by atoms with Crippen molar-refractivity contribution in [2.24, 2.45) is 7.05 Å². The summed E-state index contributed by atoms with van der Waals surface area (Å²) in [5.41, 5.74) is 2.15. The van der Waals surface area contributed by atoms with Crippen LogP contribution in [0.4, 0.5) is 20.6 Å². The van der Waals surface area contributed by atoms with Gasteiger partial charge in [-0.2, -0.15) is 10.1 Å². The third-order valence-corrected chi connectivity index (χ3v) is 7.22. The highest BCUT2D eigenvalue weighted by Crippen LogP contribution is 2.31. The number of rotatable bonds is 7. The van der Waals surface area contributed by atoms with E-state index in [1.54, 1.807) is 36.5 Å². The van der Waals surface area contributed by atoms with Crippen LogP contribution in [0.2, 0.25) is 0 Å². The molecule has 6 rings (SSSR count). The molecule has 2 saturated heterocycles. The molecule has 0 radical (unpaired) electrons. The van der Waals surface area contributed by atoms with Crippen LogP contribution in [0.5, 0.6) is 6.01 Å². The number of anilines is 2. The third-order valence-electron chi connectivity index (χ3n) is 7.22. The zero-order chi connectivity index (χ0) is 28.7. The predicted octanol–water partition coefficient (Wildman–Crippen LogP) is 2.93. The van der Waals surface area contributed by atoms with Crippen molar-refractivity contribution >= 4 is 45.2 Å². The minimum Gasteiger partial charge on any atom is -0.462 e. The average Bonchev–Trinajstić information content (AvgIpc) is 3.51. The first-order valence-corrected chi connectivity index (χ1v) is 13.5. The van der Waals surface area contributed by atoms with Crippen molar-refractivity contribution in [3.8, 4) is 6.01 Å². The van der Waals surface area contributed by atoms with E-state index < -0.39 is 11.7 Å². The molecule has 0 aliphatic carbocycles. The smallest absolute Gasteiger partial charge is 0.410 e. The summed E-state index contributed by atoms with van der Waals surface area (Å²) in [5.74, 6) is -0.976. The van der Waals surface area contributed by atoms with Crippen LogP contribution in [0.15, 0.2) is 36.7 Å². The lowest BCUT2D eigenvalue weighted by Gasteiger charge is -2.38. The first-order valence-electron chi connectivity index (χ1n) is 13.5. The Balaban J connectivity index is 1.32. The van der Waals surface area contributed by atoms with E-state index >= 15 is 0 Å². The number of aryl methyl sites for hydroxylation is 1. The number of halogens is 1. The number of piperazine rings is 1. The molecule has 2 amide bonds. The van der Waals surface area contributed by atoms with Crippen LogP contribution in [0, 0.1) is 5.82 Å². The number of fused-ring (bicyclic) bond motifs is 2.